The van der Waals surface area contributed by atoms with Gasteiger partial charge < -0.3 is 15.4 Å². The van der Waals surface area contributed by atoms with Crippen molar-refractivity contribution in [3.05, 3.63) is 0 Å². The van der Waals surface area contributed by atoms with E-state index in [1.54, 1.807) is 21.1 Å². The topological polar surface area (TPSA) is 79.5 Å². The summed E-state index contributed by atoms with van der Waals surface area (Å²) in [5.41, 5.74) is 0. The molecule has 2 amide bonds. The summed E-state index contributed by atoms with van der Waals surface area (Å²) in [6.07, 6.45) is 0. The van der Waals surface area contributed by atoms with Crippen molar-refractivity contribution >= 4 is 11.8 Å². The fraction of sp³-hybridized carbons (Fsp3) is 0.778. The van der Waals surface area contributed by atoms with E-state index >= 15 is 0 Å². The van der Waals surface area contributed by atoms with Crippen molar-refractivity contribution in [2.75, 3.05) is 33.9 Å². The third kappa shape index (κ3) is 6.87. The van der Waals surface area contributed by atoms with Gasteiger partial charge in [0.25, 0.3) is 0 Å². The van der Waals surface area contributed by atoms with Crippen molar-refractivity contribution in [2.24, 2.45) is 0 Å². The fourth-order valence-electron chi connectivity index (χ4n) is 0.856. The third-order valence-corrected chi connectivity index (χ3v) is 1.85. The molecule has 0 fully saturated rings. The zero-order chi connectivity index (χ0) is 11.7. The van der Waals surface area contributed by atoms with Crippen LogP contribution in [0.2, 0.25) is 0 Å². The van der Waals surface area contributed by atoms with Gasteiger partial charge in [-0.2, -0.15) is 0 Å². The minimum atomic E-state index is -0.390. The number of carbonyl (C=O) groups is 2. The van der Waals surface area contributed by atoms with E-state index in [4.69, 9.17) is 4.74 Å². The number of hydrogen-bond donors (Lipinski definition) is 3. The van der Waals surface area contributed by atoms with Crippen LogP contribution in [0.15, 0.2) is 0 Å². The molecule has 0 aromatic heterocycles. The Bertz CT molecular complexity index is 209. The molecule has 0 spiro atoms. The molecule has 6 heteroatoms. The predicted octanol–water partition coefficient (Wildman–Crippen LogP) is -1.53. The molecule has 0 saturated carbocycles. The van der Waals surface area contributed by atoms with Crippen LogP contribution >= 0.6 is 0 Å². The first-order valence-electron chi connectivity index (χ1n) is 4.82. The normalized spacial score (nSPS) is 11.9. The lowest BCUT2D eigenvalue weighted by Gasteiger charge is -2.13. The highest BCUT2D eigenvalue weighted by atomic mass is 16.5. The molecule has 0 rings (SSSR count). The summed E-state index contributed by atoms with van der Waals surface area (Å²) < 4.78 is 4.79. The average molecular weight is 217 g/mol. The van der Waals surface area contributed by atoms with E-state index in [0.29, 0.717) is 13.2 Å². The highest BCUT2D eigenvalue weighted by molar-refractivity contribution is 5.83. The van der Waals surface area contributed by atoms with Crippen molar-refractivity contribution in [3.63, 3.8) is 0 Å². The molecule has 1 atom stereocenters. The van der Waals surface area contributed by atoms with Crippen LogP contribution in [-0.2, 0) is 14.3 Å². The Labute approximate surface area is 89.7 Å². The van der Waals surface area contributed by atoms with Gasteiger partial charge in [-0.15, -0.1) is 0 Å². The molecular formula is C9H19N3O3. The molecule has 0 radical (unpaired) electrons. The highest BCUT2D eigenvalue weighted by Crippen LogP contribution is 1.81. The van der Waals surface area contributed by atoms with E-state index in [1.807, 2.05) is 0 Å². The Morgan fingerprint density at radius 2 is 2.07 bits per heavy atom. The van der Waals surface area contributed by atoms with Gasteiger partial charge in [0.05, 0.1) is 19.2 Å². The number of amides is 2. The SMILES string of the molecule is CNC(=O)CNC(C)C(=O)NCCOC. The molecule has 0 bridgehead atoms. The molecule has 0 aromatic rings. The Kier molecular flexibility index (Phi) is 7.57. The minimum absolute atomic E-state index is 0.134. The van der Waals surface area contributed by atoms with E-state index in [0.717, 1.165) is 0 Å². The first-order chi connectivity index (χ1) is 7.11. The lowest BCUT2D eigenvalue weighted by atomic mass is 10.3. The maximum atomic E-state index is 11.4. The molecule has 15 heavy (non-hydrogen) atoms. The molecule has 0 saturated heterocycles. The molecule has 0 heterocycles. The third-order valence-electron chi connectivity index (χ3n) is 1.85. The van der Waals surface area contributed by atoms with Crippen LogP contribution in [-0.4, -0.2) is 51.7 Å². The van der Waals surface area contributed by atoms with Crippen molar-refractivity contribution in [1.82, 2.24) is 16.0 Å². The van der Waals surface area contributed by atoms with Gasteiger partial charge in [0, 0.05) is 20.7 Å². The maximum absolute atomic E-state index is 11.4. The van der Waals surface area contributed by atoms with Crippen molar-refractivity contribution in [1.29, 1.82) is 0 Å². The molecule has 1 unspecified atom stereocenters. The quantitative estimate of drug-likeness (QED) is 0.452. The van der Waals surface area contributed by atoms with Crippen molar-refractivity contribution in [3.8, 4) is 0 Å². The van der Waals surface area contributed by atoms with Crippen LogP contribution < -0.4 is 16.0 Å². The van der Waals surface area contributed by atoms with E-state index < -0.39 is 0 Å². The summed E-state index contributed by atoms with van der Waals surface area (Å²) in [5, 5.41) is 7.92. The minimum Gasteiger partial charge on any atom is -0.383 e. The number of nitrogens with one attached hydrogen (secondary N) is 3. The van der Waals surface area contributed by atoms with Crippen LogP contribution in [0.5, 0.6) is 0 Å². The van der Waals surface area contributed by atoms with Crippen LogP contribution in [0.3, 0.4) is 0 Å². The van der Waals surface area contributed by atoms with Gasteiger partial charge in [-0.3, -0.25) is 14.9 Å². The van der Waals surface area contributed by atoms with Gasteiger partial charge in [0.2, 0.25) is 11.8 Å². The Balaban J connectivity index is 3.64. The molecule has 0 aliphatic rings. The molecule has 88 valence electrons. The highest BCUT2D eigenvalue weighted by Gasteiger charge is 2.12. The molecule has 0 aromatic carbocycles. The van der Waals surface area contributed by atoms with Crippen LogP contribution in [0.25, 0.3) is 0 Å². The molecular weight excluding hydrogens is 198 g/mol. The maximum Gasteiger partial charge on any atom is 0.236 e. The van der Waals surface area contributed by atoms with Crippen LogP contribution in [0, 0.1) is 0 Å². The smallest absolute Gasteiger partial charge is 0.236 e. The van der Waals surface area contributed by atoms with Crippen molar-refractivity contribution in [2.45, 2.75) is 13.0 Å². The molecule has 0 aliphatic carbocycles. The lowest BCUT2D eigenvalue weighted by Crippen LogP contribution is -2.46. The second-order valence-electron chi connectivity index (χ2n) is 3.06. The van der Waals surface area contributed by atoms with Gasteiger partial charge in [-0.1, -0.05) is 0 Å². The summed E-state index contributed by atoms with van der Waals surface area (Å²) in [5.74, 6) is -0.289. The summed E-state index contributed by atoms with van der Waals surface area (Å²) in [6, 6.07) is -0.390. The predicted molar refractivity (Wildman–Crippen MR) is 56.4 cm³/mol. The zero-order valence-corrected chi connectivity index (χ0v) is 9.42. The van der Waals surface area contributed by atoms with Gasteiger partial charge in [0.1, 0.15) is 0 Å². The Morgan fingerprint density at radius 1 is 1.40 bits per heavy atom. The van der Waals surface area contributed by atoms with E-state index in [1.165, 1.54) is 0 Å². The van der Waals surface area contributed by atoms with Gasteiger partial charge in [-0.25, -0.2) is 0 Å². The van der Waals surface area contributed by atoms with E-state index in [9.17, 15) is 9.59 Å². The number of likely N-dealkylation sites (N-methyl/N-ethyl adjacent to an activating group) is 1. The number of carbonyl (C=O) groups excluding carboxylic acids is 2. The number of hydrogen-bond acceptors (Lipinski definition) is 4. The van der Waals surface area contributed by atoms with E-state index in [-0.39, 0.29) is 24.4 Å². The van der Waals surface area contributed by atoms with E-state index in [2.05, 4.69) is 16.0 Å². The fourth-order valence-corrected chi connectivity index (χ4v) is 0.856. The molecule has 6 nitrogen and oxygen atoms in total. The van der Waals surface area contributed by atoms with Gasteiger partial charge in [-0.05, 0) is 6.92 Å². The number of rotatable bonds is 7. The second-order valence-corrected chi connectivity index (χ2v) is 3.06. The first-order valence-corrected chi connectivity index (χ1v) is 4.82. The van der Waals surface area contributed by atoms with Crippen LogP contribution in [0.4, 0.5) is 0 Å². The summed E-state index contributed by atoms with van der Waals surface area (Å²) >= 11 is 0. The monoisotopic (exact) mass is 217 g/mol. The van der Waals surface area contributed by atoms with Crippen LogP contribution in [0.1, 0.15) is 6.92 Å². The summed E-state index contributed by atoms with van der Waals surface area (Å²) in [6.45, 7) is 2.79. The molecule has 3 N–H and O–H groups in total. The summed E-state index contributed by atoms with van der Waals surface area (Å²) in [4.78, 5) is 22.2. The second kappa shape index (κ2) is 8.19. The molecule has 0 aliphatic heterocycles. The number of ether oxygens (including phenoxy) is 1. The van der Waals surface area contributed by atoms with Crippen molar-refractivity contribution < 1.29 is 14.3 Å². The zero-order valence-electron chi connectivity index (χ0n) is 9.42. The Hall–Kier alpha value is -1.14. The lowest BCUT2D eigenvalue weighted by molar-refractivity contribution is -0.123. The van der Waals surface area contributed by atoms with Gasteiger partial charge >= 0.3 is 0 Å². The summed E-state index contributed by atoms with van der Waals surface area (Å²) in [7, 11) is 3.12. The Morgan fingerprint density at radius 3 is 2.60 bits per heavy atom. The standard InChI is InChI=1S/C9H19N3O3/c1-7(12-6-8(13)10-2)9(14)11-4-5-15-3/h7,12H,4-6H2,1-3H3,(H,10,13)(H,11,14). The first kappa shape index (κ1) is 13.9. The largest absolute Gasteiger partial charge is 0.383 e. The number of methoxy groups -OCH3 is 1. The van der Waals surface area contributed by atoms with Gasteiger partial charge in [0.15, 0.2) is 0 Å². The average Bonchev–Trinajstić information content (AvgIpc) is 2.25.